The first kappa shape index (κ1) is 8.26. The highest BCUT2D eigenvalue weighted by atomic mass is 32.1. The first-order valence-electron chi connectivity index (χ1n) is 3.88. The highest BCUT2D eigenvalue weighted by Gasteiger charge is 2.00. The Labute approximate surface area is 81.4 Å². The van der Waals surface area contributed by atoms with Crippen LogP contribution >= 0.6 is 12.6 Å². The van der Waals surface area contributed by atoms with Gasteiger partial charge in [0.1, 0.15) is 5.75 Å². The Kier molecular flexibility index (Phi) is 1.81. The maximum Gasteiger partial charge on any atom is 0.124 e. The summed E-state index contributed by atoms with van der Waals surface area (Å²) < 4.78 is 0. The Bertz CT molecular complexity index is 462. The molecule has 0 amide bonds. The second kappa shape index (κ2) is 2.85. The molecular weight excluding hydrogens is 182 g/mol. The van der Waals surface area contributed by atoms with Crippen molar-refractivity contribution in [1.82, 2.24) is 0 Å². The third kappa shape index (κ3) is 1.42. The van der Waals surface area contributed by atoms with Crippen LogP contribution in [0.15, 0.2) is 35.2 Å². The van der Waals surface area contributed by atoms with Gasteiger partial charge in [-0.25, -0.2) is 0 Å². The standard InChI is InChI=1S/C10H9NOS/c11-7-1-2-9-6(3-7)4-8(13)5-10(9)12/h1-5,12-13H,11H2. The van der Waals surface area contributed by atoms with Crippen LogP contribution < -0.4 is 5.73 Å². The largest absolute Gasteiger partial charge is 0.507 e. The van der Waals surface area contributed by atoms with Crippen LogP contribution in [0.1, 0.15) is 0 Å². The zero-order valence-electron chi connectivity index (χ0n) is 6.86. The van der Waals surface area contributed by atoms with Crippen LogP contribution in [-0.2, 0) is 0 Å². The molecule has 0 saturated carbocycles. The normalized spacial score (nSPS) is 10.5. The predicted molar refractivity (Wildman–Crippen MR) is 57.3 cm³/mol. The van der Waals surface area contributed by atoms with Gasteiger partial charge in [0.05, 0.1) is 0 Å². The van der Waals surface area contributed by atoms with E-state index in [1.807, 2.05) is 12.1 Å². The van der Waals surface area contributed by atoms with Crippen molar-refractivity contribution in [2.24, 2.45) is 0 Å². The van der Waals surface area contributed by atoms with E-state index in [0.717, 1.165) is 15.7 Å². The number of hydrogen-bond donors (Lipinski definition) is 3. The molecule has 0 aliphatic carbocycles. The Hall–Kier alpha value is -1.35. The van der Waals surface area contributed by atoms with Crippen LogP contribution in [0.5, 0.6) is 5.75 Å². The van der Waals surface area contributed by atoms with Gasteiger partial charge < -0.3 is 10.8 Å². The number of thiol groups is 1. The molecule has 0 aliphatic rings. The zero-order chi connectivity index (χ0) is 9.42. The van der Waals surface area contributed by atoms with Crippen molar-refractivity contribution in [3.8, 4) is 5.75 Å². The first-order valence-corrected chi connectivity index (χ1v) is 4.33. The van der Waals surface area contributed by atoms with Gasteiger partial charge in [-0.15, -0.1) is 12.6 Å². The molecule has 3 N–H and O–H groups in total. The second-order valence-electron chi connectivity index (χ2n) is 2.95. The highest BCUT2D eigenvalue weighted by molar-refractivity contribution is 7.80. The van der Waals surface area contributed by atoms with Gasteiger partial charge in [-0.05, 0) is 35.7 Å². The van der Waals surface area contributed by atoms with Gasteiger partial charge >= 0.3 is 0 Å². The summed E-state index contributed by atoms with van der Waals surface area (Å²) in [6, 6.07) is 8.86. The summed E-state index contributed by atoms with van der Waals surface area (Å²) in [4.78, 5) is 0.732. The number of hydrogen-bond acceptors (Lipinski definition) is 3. The van der Waals surface area contributed by atoms with Crippen LogP contribution in [0.3, 0.4) is 0 Å². The lowest BCUT2D eigenvalue weighted by Gasteiger charge is -2.03. The molecule has 0 spiro atoms. The maximum absolute atomic E-state index is 9.55. The summed E-state index contributed by atoms with van der Waals surface area (Å²) in [5, 5.41) is 11.3. The van der Waals surface area contributed by atoms with Crippen molar-refractivity contribution >= 4 is 29.1 Å². The molecule has 0 radical (unpaired) electrons. The van der Waals surface area contributed by atoms with Crippen LogP contribution in [0, 0.1) is 0 Å². The molecular formula is C10H9NOS. The van der Waals surface area contributed by atoms with Gasteiger partial charge in [-0.2, -0.15) is 0 Å². The lowest BCUT2D eigenvalue weighted by Crippen LogP contribution is -1.84. The summed E-state index contributed by atoms with van der Waals surface area (Å²) >= 11 is 4.16. The SMILES string of the molecule is Nc1ccc2c(O)cc(S)cc2c1. The zero-order valence-corrected chi connectivity index (χ0v) is 7.75. The van der Waals surface area contributed by atoms with Crippen molar-refractivity contribution in [2.75, 3.05) is 5.73 Å². The number of nitrogens with two attached hydrogens (primary N) is 1. The van der Waals surface area contributed by atoms with E-state index < -0.39 is 0 Å². The van der Waals surface area contributed by atoms with Crippen molar-refractivity contribution < 1.29 is 5.11 Å². The van der Waals surface area contributed by atoms with E-state index >= 15 is 0 Å². The smallest absolute Gasteiger partial charge is 0.124 e. The van der Waals surface area contributed by atoms with Crippen LogP contribution in [0.4, 0.5) is 5.69 Å². The van der Waals surface area contributed by atoms with E-state index in [-0.39, 0.29) is 5.75 Å². The minimum absolute atomic E-state index is 0.238. The van der Waals surface area contributed by atoms with Gasteiger partial charge in [-0.3, -0.25) is 0 Å². The summed E-state index contributed by atoms with van der Waals surface area (Å²) in [6.45, 7) is 0. The van der Waals surface area contributed by atoms with E-state index in [1.165, 1.54) is 0 Å². The van der Waals surface area contributed by atoms with Gasteiger partial charge in [0, 0.05) is 16.0 Å². The molecule has 0 heterocycles. The molecule has 0 aliphatic heterocycles. The van der Waals surface area contributed by atoms with E-state index in [0.29, 0.717) is 5.69 Å². The number of aromatic hydroxyl groups is 1. The van der Waals surface area contributed by atoms with Gasteiger partial charge in [0.2, 0.25) is 0 Å². The summed E-state index contributed by atoms with van der Waals surface area (Å²) in [6.07, 6.45) is 0. The lowest BCUT2D eigenvalue weighted by atomic mass is 10.1. The Morgan fingerprint density at radius 3 is 2.69 bits per heavy atom. The lowest BCUT2D eigenvalue weighted by molar-refractivity contribution is 0.480. The number of benzene rings is 2. The van der Waals surface area contributed by atoms with E-state index in [9.17, 15) is 5.11 Å². The van der Waals surface area contributed by atoms with Crippen molar-refractivity contribution in [2.45, 2.75) is 4.90 Å². The molecule has 3 heteroatoms. The molecule has 2 rings (SSSR count). The molecule has 2 aromatic carbocycles. The molecule has 66 valence electrons. The summed E-state index contributed by atoms with van der Waals surface area (Å²) in [5.41, 5.74) is 6.30. The van der Waals surface area contributed by atoms with Crippen molar-refractivity contribution in [3.05, 3.63) is 30.3 Å². The van der Waals surface area contributed by atoms with Crippen LogP contribution in [0.2, 0.25) is 0 Å². The number of phenols is 1. The first-order chi connectivity index (χ1) is 6.16. The number of nitrogen functional groups attached to an aromatic ring is 1. The van der Waals surface area contributed by atoms with Crippen molar-refractivity contribution in [1.29, 1.82) is 0 Å². The highest BCUT2D eigenvalue weighted by Crippen LogP contribution is 2.29. The summed E-state index contributed by atoms with van der Waals surface area (Å²) in [7, 11) is 0. The maximum atomic E-state index is 9.55. The van der Waals surface area contributed by atoms with E-state index in [4.69, 9.17) is 5.73 Å². The Morgan fingerprint density at radius 1 is 1.15 bits per heavy atom. The molecule has 0 fully saturated rings. The van der Waals surface area contributed by atoms with Crippen LogP contribution in [0.25, 0.3) is 10.8 Å². The van der Waals surface area contributed by atoms with Gasteiger partial charge in [0.25, 0.3) is 0 Å². The third-order valence-electron chi connectivity index (χ3n) is 1.94. The fourth-order valence-electron chi connectivity index (χ4n) is 1.35. The summed E-state index contributed by atoms with van der Waals surface area (Å²) in [5.74, 6) is 0.238. The Morgan fingerprint density at radius 2 is 1.92 bits per heavy atom. The fraction of sp³-hybridized carbons (Fsp3) is 0. The fourth-order valence-corrected chi connectivity index (χ4v) is 1.61. The average Bonchev–Trinajstić information content (AvgIpc) is 2.02. The average molecular weight is 191 g/mol. The number of fused-ring (bicyclic) bond motifs is 1. The minimum atomic E-state index is 0.238. The topological polar surface area (TPSA) is 46.2 Å². The van der Waals surface area contributed by atoms with E-state index in [2.05, 4.69) is 12.6 Å². The third-order valence-corrected chi connectivity index (χ3v) is 2.20. The number of phenolic OH excluding ortho intramolecular Hbond substituents is 1. The molecule has 2 nitrogen and oxygen atoms in total. The minimum Gasteiger partial charge on any atom is -0.507 e. The molecule has 13 heavy (non-hydrogen) atoms. The van der Waals surface area contributed by atoms with Gasteiger partial charge in [0.15, 0.2) is 0 Å². The van der Waals surface area contributed by atoms with E-state index in [1.54, 1.807) is 18.2 Å². The van der Waals surface area contributed by atoms with Crippen molar-refractivity contribution in [3.63, 3.8) is 0 Å². The second-order valence-corrected chi connectivity index (χ2v) is 3.46. The molecule has 0 aromatic heterocycles. The molecule has 0 bridgehead atoms. The van der Waals surface area contributed by atoms with Gasteiger partial charge in [-0.1, -0.05) is 0 Å². The number of rotatable bonds is 0. The Balaban J connectivity index is 2.86. The molecule has 2 aromatic rings. The molecule has 0 atom stereocenters. The van der Waals surface area contributed by atoms with Crippen LogP contribution in [-0.4, -0.2) is 5.11 Å². The molecule has 0 unspecified atom stereocenters. The quantitative estimate of drug-likeness (QED) is 0.442. The predicted octanol–water partition coefficient (Wildman–Crippen LogP) is 2.42. The monoisotopic (exact) mass is 191 g/mol. The molecule has 0 saturated heterocycles. The number of anilines is 1.